The van der Waals surface area contributed by atoms with Crippen LogP contribution in [0.1, 0.15) is 93.4 Å². The third-order valence-electron chi connectivity index (χ3n) is 13.0. The highest BCUT2D eigenvalue weighted by Gasteiger charge is 2.38. The van der Waals surface area contributed by atoms with Gasteiger partial charge in [-0.1, -0.05) is 91.3 Å². The topological polar surface area (TPSA) is 185 Å². The van der Waals surface area contributed by atoms with Crippen LogP contribution in [-0.4, -0.2) is 96.8 Å². The van der Waals surface area contributed by atoms with Crippen molar-refractivity contribution in [3.05, 3.63) is 131 Å². The second kappa shape index (κ2) is 21.4. The van der Waals surface area contributed by atoms with Crippen molar-refractivity contribution in [3.8, 4) is 34.3 Å². The number of fused-ring (bicyclic) bond motifs is 2. The van der Waals surface area contributed by atoms with E-state index in [1.165, 1.54) is 23.6 Å². The van der Waals surface area contributed by atoms with Crippen LogP contribution in [0.15, 0.2) is 109 Å². The van der Waals surface area contributed by atoms with Gasteiger partial charge in [0.25, 0.3) is 0 Å². The predicted molar refractivity (Wildman–Crippen MR) is 260 cm³/mol. The van der Waals surface area contributed by atoms with Gasteiger partial charge in [0, 0.05) is 61.4 Å². The molecule has 2 fully saturated rings. The molecule has 4 aromatic carbocycles. The number of nitrogens with two attached hydrogens (primary N) is 1. The molecule has 0 saturated carbocycles. The zero-order valence-corrected chi connectivity index (χ0v) is 38.5. The summed E-state index contributed by atoms with van der Waals surface area (Å²) < 4.78 is 13.0. The van der Waals surface area contributed by atoms with Crippen LogP contribution in [0.25, 0.3) is 33.9 Å². The first-order valence-electron chi connectivity index (χ1n) is 24.0. The summed E-state index contributed by atoms with van der Waals surface area (Å²) >= 11 is 0. The molecule has 4 aliphatic rings. The maximum absolute atomic E-state index is 10.9. The van der Waals surface area contributed by atoms with Crippen molar-refractivity contribution < 1.29 is 14.3 Å². The number of aromatic nitrogens is 8. The van der Waals surface area contributed by atoms with Crippen molar-refractivity contribution in [2.24, 2.45) is 5.73 Å². The van der Waals surface area contributed by atoms with Crippen molar-refractivity contribution in [1.82, 2.24) is 56.4 Å². The van der Waals surface area contributed by atoms with Crippen LogP contribution in [0.5, 0.6) is 11.5 Å². The predicted octanol–water partition coefficient (Wildman–Crippen LogP) is 7.01. The Morgan fingerprint density at radius 2 is 1.03 bits per heavy atom. The molecule has 15 heteroatoms. The summed E-state index contributed by atoms with van der Waals surface area (Å²) in [5.41, 5.74) is 14.1. The normalized spacial score (nSPS) is 16.6. The molecular formula is C52H62N12O3. The Balaban J connectivity index is 0.000000169. The number of hydrogen-bond acceptors (Lipinski definition) is 12. The number of hydrogen-bond donors (Lipinski definition) is 4. The van der Waals surface area contributed by atoms with Gasteiger partial charge in [-0.2, -0.15) is 9.59 Å². The van der Waals surface area contributed by atoms with Crippen LogP contribution in [0.4, 0.5) is 0 Å². The van der Waals surface area contributed by atoms with Crippen LogP contribution < -0.4 is 31.2 Å². The molecule has 10 rings (SSSR count). The number of para-hydroxylation sites is 2. The molecule has 0 bridgehead atoms. The van der Waals surface area contributed by atoms with Gasteiger partial charge in [0.05, 0.1) is 13.1 Å². The molecule has 2 aromatic heterocycles. The lowest BCUT2D eigenvalue weighted by Gasteiger charge is -2.40. The van der Waals surface area contributed by atoms with E-state index in [0.29, 0.717) is 24.7 Å². The van der Waals surface area contributed by atoms with E-state index in [0.717, 1.165) is 143 Å². The van der Waals surface area contributed by atoms with E-state index in [1.807, 2.05) is 12.1 Å². The van der Waals surface area contributed by atoms with E-state index in [9.17, 15) is 4.79 Å². The van der Waals surface area contributed by atoms with Crippen LogP contribution in [0.2, 0.25) is 0 Å². The number of nitrogens with zero attached hydrogens (tertiary/aromatic N) is 8. The Hall–Kier alpha value is -6.55. The summed E-state index contributed by atoms with van der Waals surface area (Å²) in [5.74, 6) is 3.23. The van der Waals surface area contributed by atoms with E-state index in [1.54, 1.807) is 9.59 Å². The fraction of sp³-hybridized carbons (Fsp3) is 0.404. The lowest BCUT2D eigenvalue weighted by Crippen LogP contribution is -2.46. The summed E-state index contributed by atoms with van der Waals surface area (Å²) in [7, 11) is 0. The molecule has 5 N–H and O–H groups in total. The summed E-state index contributed by atoms with van der Waals surface area (Å²) in [4.78, 5) is 14.2. The minimum atomic E-state index is -0.250. The standard InChI is InChI=1S/C27H32N6O2.C25H30N6O/c1-20(34)29-15-5-2-6-18-33-31-26(30-32-33)22-11-9-21(10-12-22)24-19-27(13-16-28-17-14-27)35-25-8-4-3-7-23(24)25;26-14-4-1-5-17-31-29-24(28-30-31)20-10-8-19(9-11-20)22-18-25(12-15-27-16-13-25)32-23-7-3-2-6-21(22)23/h3-4,7-12,19,28H,2,5-6,13-18H2,1H3,(H,29,34);2-3,6-11,18,27H,1,4-5,12-17,26H2. The number of tetrazole rings is 2. The molecule has 0 atom stereocenters. The summed E-state index contributed by atoms with van der Waals surface area (Å²) in [6.07, 6.45) is 14.6. The molecule has 0 aliphatic carbocycles. The van der Waals surface area contributed by atoms with E-state index >= 15 is 0 Å². The van der Waals surface area contributed by atoms with Gasteiger partial charge in [-0.15, -0.1) is 20.4 Å². The number of rotatable bonds is 15. The zero-order chi connectivity index (χ0) is 45.9. The number of benzene rings is 4. The molecule has 0 radical (unpaired) electrons. The first-order valence-corrected chi connectivity index (χ1v) is 24.0. The van der Waals surface area contributed by atoms with Crippen molar-refractivity contribution in [3.63, 3.8) is 0 Å². The lowest BCUT2D eigenvalue weighted by atomic mass is 9.83. The molecule has 6 aromatic rings. The average Bonchev–Trinajstić information content (AvgIpc) is 4.05. The maximum atomic E-state index is 10.9. The van der Waals surface area contributed by atoms with Gasteiger partial charge < -0.3 is 31.2 Å². The van der Waals surface area contributed by atoms with Gasteiger partial charge in [-0.05, 0) is 122 Å². The smallest absolute Gasteiger partial charge is 0.216 e. The summed E-state index contributed by atoms with van der Waals surface area (Å²) in [5, 5.41) is 35.7. The van der Waals surface area contributed by atoms with Crippen LogP contribution >= 0.6 is 0 Å². The quantitative estimate of drug-likeness (QED) is 0.0775. The SMILES string of the molecule is CC(=O)NCCCCCn1nnc(-c2ccc(C3=CC4(CCNCC4)Oc4ccccc43)cc2)n1.NCCCCCn1nnc(-c2ccc(C3=CC4(CCNCC4)Oc4ccccc43)cc2)n1. The lowest BCUT2D eigenvalue weighted by molar-refractivity contribution is -0.118. The number of ether oxygens (including phenoxy) is 2. The van der Waals surface area contributed by atoms with Gasteiger partial charge in [0.2, 0.25) is 17.6 Å². The number of nitrogens with one attached hydrogen (secondary N) is 3. The first-order chi connectivity index (χ1) is 32.9. The fourth-order valence-electron chi connectivity index (χ4n) is 9.30. The largest absolute Gasteiger partial charge is 0.482 e. The molecule has 15 nitrogen and oxygen atoms in total. The van der Waals surface area contributed by atoms with Gasteiger partial charge >= 0.3 is 0 Å². The van der Waals surface area contributed by atoms with Crippen molar-refractivity contribution in [2.75, 3.05) is 39.3 Å². The number of unbranched alkanes of at least 4 members (excludes halogenated alkanes) is 4. The highest BCUT2D eigenvalue weighted by atomic mass is 16.5. The molecule has 6 heterocycles. The number of carbonyl (C=O) groups excluding carboxylic acids is 1. The molecule has 1 amide bonds. The Kier molecular flexibility index (Phi) is 14.6. The molecule has 2 spiro atoms. The molecule has 0 unspecified atom stereocenters. The van der Waals surface area contributed by atoms with Gasteiger partial charge in [-0.3, -0.25) is 4.79 Å². The van der Waals surface area contributed by atoms with Gasteiger partial charge in [-0.25, -0.2) is 0 Å². The number of aryl methyl sites for hydroxylation is 2. The minimum absolute atomic E-state index is 0.0155. The highest BCUT2D eigenvalue weighted by molar-refractivity contribution is 5.86. The second-order valence-electron chi connectivity index (χ2n) is 17.9. The van der Waals surface area contributed by atoms with Gasteiger partial charge in [0.1, 0.15) is 22.7 Å². The third-order valence-corrected chi connectivity index (χ3v) is 13.0. The fourth-order valence-corrected chi connectivity index (χ4v) is 9.30. The van der Waals surface area contributed by atoms with Crippen molar-refractivity contribution in [1.29, 1.82) is 0 Å². The average molecular weight is 903 g/mol. The Labute approximate surface area is 392 Å². The number of amides is 1. The Morgan fingerprint density at radius 3 is 1.48 bits per heavy atom. The minimum Gasteiger partial charge on any atom is -0.482 e. The monoisotopic (exact) mass is 903 g/mol. The Bertz CT molecular complexity index is 2640. The zero-order valence-electron chi connectivity index (χ0n) is 38.5. The van der Waals surface area contributed by atoms with E-state index < -0.39 is 0 Å². The van der Waals surface area contributed by atoms with E-state index in [2.05, 4.69) is 144 Å². The highest BCUT2D eigenvalue weighted by Crippen LogP contribution is 2.44. The molecular weight excluding hydrogens is 841 g/mol. The van der Waals surface area contributed by atoms with Crippen molar-refractivity contribution >= 4 is 17.1 Å². The molecule has 67 heavy (non-hydrogen) atoms. The summed E-state index contributed by atoms with van der Waals surface area (Å²) in [6, 6.07) is 33.5. The van der Waals surface area contributed by atoms with Crippen LogP contribution in [0.3, 0.4) is 0 Å². The second-order valence-corrected chi connectivity index (χ2v) is 17.9. The Morgan fingerprint density at radius 1 is 0.597 bits per heavy atom. The molecule has 2 saturated heterocycles. The third kappa shape index (κ3) is 11.2. The van der Waals surface area contributed by atoms with E-state index in [4.69, 9.17) is 15.2 Å². The van der Waals surface area contributed by atoms with E-state index in [-0.39, 0.29) is 17.1 Å². The van der Waals surface area contributed by atoms with Crippen LogP contribution in [-0.2, 0) is 17.9 Å². The molecule has 4 aliphatic heterocycles. The summed E-state index contributed by atoms with van der Waals surface area (Å²) in [6.45, 7) is 8.32. The van der Waals surface area contributed by atoms with Gasteiger partial charge in [0.15, 0.2) is 0 Å². The number of piperidine rings is 2. The maximum Gasteiger partial charge on any atom is 0.216 e. The van der Waals surface area contributed by atoms with Crippen LogP contribution in [0, 0.1) is 0 Å². The van der Waals surface area contributed by atoms with Crippen molar-refractivity contribution in [2.45, 2.75) is 95.4 Å². The first kappa shape index (κ1) is 45.6. The number of carbonyl (C=O) groups is 1. The molecule has 348 valence electrons.